The molecule has 1 aromatic carbocycles. The van der Waals surface area contributed by atoms with E-state index in [2.05, 4.69) is 15.6 Å². The number of hydrogen-bond donors (Lipinski definition) is 3. The molecule has 0 radical (unpaired) electrons. The van der Waals surface area contributed by atoms with Gasteiger partial charge in [0, 0.05) is 17.5 Å². The van der Waals surface area contributed by atoms with E-state index in [0.29, 0.717) is 19.0 Å². The van der Waals surface area contributed by atoms with Crippen LogP contribution in [0, 0.1) is 5.92 Å². The predicted molar refractivity (Wildman–Crippen MR) is 91.1 cm³/mol. The van der Waals surface area contributed by atoms with Crippen LogP contribution in [0.1, 0.15) is 25.0 Å². The first-order valence-corrected chi connectivity index (χ1v) is 8.78. The first-order valence-electron chi connectivity index (χ1n) is 7.90. The number of nitrogens with one attached hydrogen (secondary N) is 2. The van der Waals surface area contributed by atoms with E-state index in [0.717, 1.165) is 35.5 Å². The summed E-state index contributed by atoms with van der Waals surface area (Å²) in [6, 6.07) is 9.83. The zero-order valence-corrected chi connectivity index (χ0v) is 13.7. The molecule has 1 aliphatic rings. The fraction of sp³-hybridized carbons (Fsp3) is 0.412. The lowest BCUT2D eigenvalue weighted by atomic mass is 10.1. The van der Waals surface area contributed by atoms with Crippen molar-refractivity contribution in [3.8, 4) is 10.6 Å². The molecule has 2 aromatic rings. The van der Waals surface area contributed by atoms with E-state index in [4.69, 9.17) is 0 Å². The van der Waals surface area contributed by atoms with Crippen LogP contribution < -0.4 is 10.6 Å². The molecule has 122 valence electrons. The highest BCUT2D eigenvalue weighted by Crippen LogP contribution is 2.24. The van der Waals surface area contributed by atoms with Crippen molar-refractivity contribution in [2.45, 2.75) is 31.9 Å². The summed E-state index contributed by atoms with van der Waals surface area (Å²) in [4.78, 5) is 16.4. The Morgan fingerprint density at radius 1 is 1.26 bits per heavy atom. The van der Waals surface area contributed by atoms with E-state index in [1.165, 1.54) is 0 Å². The van der Waals surface area contributed by atoms with Gasteiger partial charge < -0.3 is 15.7 Å². The summed E-state index contributed by atoms with van der Waals surface area (Å²) in [5.41, 5.74) is 1.95. The first-order chi connectivity index (χ1) is 11.2. The molecule has 0 saturated heterocycles. The molecule has 1 aliphatic carbocycles. The molecule has 6 heteroatoms. The van der Waals surface area contributed by atoms with Crippen molar-refractivity contribution in [1.82, 2.24) is 15.6 Å². The number of thiazole rings is 1. The number of aliphatic hydroxyl groups is 1. The van der Waals surface area contributed by atoms with Crippen LogP contribution in [0.15, 0.2) is 35.7 Å². The van der Waals surface area contributed by atoms with Crippen LogP contribution in [0.2, 0.25) is 0 Å². The summed E-state index contributed by atoms with van der Waals surface area (Å²) in [5.74, 6) is 0.389. The minimum atomic E-state index is -0.198. The fourth-order valence-electron chi connectivity index (χ4n) is 2.81. The monoisotopic (exact) mass is 331 g/mol. The van der Waals surface area contributed by atoms with Crippen LogP contribution in [0.3, 0.4) is 0 Å². The molecule has 3 N–H and O–H groups in total. The lowest BCUT2D eigenvalue weighted by Crippen LogP contribution is -2.37. The van der Waals surface area contributed by atoms with Crippen molar-refractivity contribution >= 4 is 17.4 Å². The summed E-state index contributed by atoms with van der Waals surface area (Å²) < 4.78 is 0. The van der Waals surface area contributed by atoms with E-state index < -0.39 is 0 Å². The highest BCUT2D eigenvalue weighted by molar-refractivity contribution is 7.13. The molecular formula is C17H21N3O2S. The minimum absolute atomic E-state index is 0.180. The van der Waals surface area contributed by atoms with Gasteiger partial charge in [0.05, 0.1) is 18.3 Å². The Labute approximate surface area is 139 Å². The lowest BCUT2D eigenvalue weighted by molar-refractivity contribution is 0.177. The van der Waals surface area contributed by atoms with Crippen molar-refractivity contribution in [2.75, 3.05) is 6.54 Å². The molecule has 1 fully saturated rings. The maximum Gasteiger partial charge on any atom is 0.315 e. The fourth-order valence-corrected chi connectivity index (χ4v) is 3.63. The third kappa shape index (κ3) is 4.53. The molecule has 5 nitrogen and oxygen atoms in total. The van der Waals surface area contributed by atoms with Crippen molar-refractivity contribution in [2.24, 2.45) is 5.92 Å². The van der Waals surface area contributed by atoms with Gasteiger partial charge in [0.1, 0.15) is 5.01 Å². The normalized spacial score (nSPS) is 20.4. The Bertz CT molecular complexity index is 644. The van der Waals surface area contributed by atoms with E-state index in [1.807, 2.05) is 35.7 Å². The van der Waals surface area contributed by atoms with Gasteiger partial charge in [-0.25, -0.2) is 9.78 Å². The Hall–Kier alpha value is -1.92. The van der Waals surface area contributed by atoms with Crippen LogP contribution in [0.25, 0.3) is 10.6 Å². The van der Waals surface area contributed by atoms with Crippen molar-refractivity contribution < 1.29 is 9.90 Å². The smallest absolute Gasteiger partial charge is 0.315 e. The number of nitrogens with zero attached hydrogens (tertiary/aromatic N) is 1. The SMILES string of the molecule is O=C(NCc1csc(-c2ccccc2)n1)NCC1CCC(O)C1. The average Bonchev–Trinajstić information content (AvgIpc) is 3.21. The van der Waals surface area contributed by atoms with Gasteiger partial charge in [-0.3, -0.25) is 0 Å². The second kappa shape index (κ2) is 7.57. The van der Waals surface area contributed by atoms with Crippen LogP contribution in [-0.2, 0) is 6.54 Å². The molecule has 0 aliphatic heterocycles. The molecule has 2 unspecified atom stereocenters. The van der Waals surface area contributed by atoms with Gasteiger partial charge in [-0.2, -0.15) is 0 Å². The molecule has 0 spiro atoms. The molecule has 1 heterocycles. The Balaban J connectivity index is 1.43. The van der Waals surface area contributed by atoms with Gasteiger partial charge in [0.25, 0.3) is 0 Å². The molecule has 1 saturated carbocycles. The van der Waals surface area contributed by atoms with E-state index in [9.17, 15) is 9.90 Å². The molecule has 1 aromatic heterocycles. The zero-order chi connectivity index (χ0) is 16.1. The molecule has 3 rings (SSSR count). The van der Waals surface area contributed by atoms with Crippen LogP contribution >= 0.6 is 11.3 Å². The number of amides is 2. The van der Waals surface area contributed by atoms with Gasteiger partial charge in [-0.1, -0.05) is 30.3 Å². The summed E-state index contributed by atoms with van der Waals surface area (Å²) in [6.07, 6.45) is 2.41. The second-order valence-corrected chi connectivity index (χ2v) is 6.76. The molecule has 0 bridgehead atoms. The zero-order valence-electron chi connectivity index (χ0n) is 12.9. The van der Waals surface area contributed by atoms with E-state index in [-0.39, 0.29) is 12.1 Å². The minimum Gasteiger partial charge on any atom is -0.393 e. The Morgan fingerprint density at radius 2 is 2.09 bits per heavy atom. The van der Waals surface area contributed by atoms with Gasteiger partial charge in [0.15, 0.2) is 0 Å². The van der Waals surface area contributed by atoms with Gasteiger partial charge >= 0.3 is 6.03 Å². The summed E-state index contributed by atoms with van der Waals surface area (Å²) in [6.45, 7) is 1.04. The number of rotatable bonds is 5. The van der Waals surface area contributed by atoms with Gasteiger partial charge in [0.2, 0.25) is 0 Å². The number of aromatic nitrogens is 1. The summed E-state index contributed by atoms with van der Waals surface area (Å²) in [7, 11) is 0. The highest BCUT2D eigenvalue weighted by atomic mass is 32.1. The van der Waals surface area contributed by atoms with Gasteiger partial charge in [-0.05, 0) is 25.2 Å². The number of aliphatic hydroxyl groups excluding tert-OH is 1. The van der Waals surface area contributed by atoms with Crippen molar-refractivity contribution in [3.63, 3.8) is 0 Å². The first kappa shape index (κ1) is 16.0. The Kier molecular flexibility index (Phi) is 5.25. The van der Waals surface area contributed by atoms with Crippen LogP contribution in [-0.4, -0.2) is 28.8 Å². The number of hydrogen-bond acceptors (Lipinski definition) is 4. The topological polar surface area (TPSA) is 74.2 Å². The van der Waals surface area contributed by atoms with Crippen LogP contribution in [0.4, 0.5) is 4.79 Å². The van der Waals surface area contributed by atoms with Crippen molar-refractivity contribution in [3.05, 3.63) is 41.4 Å². The Morgan fingerprint density at radius 3 is 2.83 bits per heavy atom. The summed E-state index contributed by atoms with van der Waals surface area (Å²) in [5, 5.41) is 18.1. The molecule has 2 atom stereocenters. The van der Waals surface area contributed by atoms with E-state index >= 15 is 0 Å². The number of benzene rings is 1. The van der Waals surface area contributed by atoms with Gasteiger partial charge in [-0.15, -0.1) is 11.3 Å². The average molecular weight is 331 g/mol. The van der Waals surface area contributed by atoms with Crippen LogP contribution in [0.5, 0.6) is 0 Å². The largest absolute Gasteiger partial charge is 0.393 e. The second-order valence-electron chi connectivity index (χ2n) is 5.91. The predicted octanol–water partition coefficient (Wildman–Crippen LogP) is 2.77. The molecular weight excluding hydrogens is 310 g/mol. The van der Waals surface area contributed by atoms with Crippen molar-refractivity contribution in [1.29, 1.82) is 0 Å². The highest BCUT2D eigenvalue weighted by Gasteiger charge is 2.22. The number of carbonyl (C=O) groups excluding carboxylic acids is 1. The molecule has 2 amide bonds. The number of carbonyl (C=O) groups is 1. The maximum absolute atomic E-state index is 11.8. The quantitative estimate of drug-likeness (QED) is 0.789. The number of urea groups is 1. The third-order valence-electron chi connectivity index (χ3n) is 4.07. The maximum atomic E-state index is 11.8. The lowest BCUT2D eigenvalue weighted by Gasteiger charge is -2.11. The summed E-state index contributed by atoms with van der Waals surface area (Å²) >= 11 is 1.58. The third-order valence-corrected chi connectivity index (χ3v) is 5.01. The standard InChI is InChI=1S/C17H21N3O2S/c21-15-7-6-12(8-15)9-18-17(22)19-10-14-11-23-16(20-14)13-4-2-1-3-5-13/h1-5,11-12,15,21H,6-10H2,(H2,18,19,22). The van der Waals surface area contributed by atoms with E-state index in [1.54, 1.807) is 11.3 Å². The molecule has 23 heavy (non-hydrogen) atoms.